The molecule has 0 spiro atoms. The van der Waals surface area contributed by atoms with E-state index in [9.17, 15) is 4.79 Å². The second-order valence-electron chi connectivity index (χ2n) is 5.73. The average molecular weight is 385 g/mol. The average Bonchev–Trinajstić information content (AvgIpc) is 3.39. The molecular weight excluding hydrogens is 344 g/mol. The molecule has 0 saturated carbocycles. The number of carbonyl (C=O) groups excluding carboxylic acids is 1. The second-order valence-corrected chi connectivity index (χ2v) is 6.68. The molecule has 2 aromatic rings. The third-order valence-electron chi connectivity index (χ3n) is 4.30. The van der Waals surface area contributed by atoms with Crippen molar-refractivity contribution in [1.29, 1.82) is 0 Å². The number of anilines is 1. The van der Waals surface area contributed by atoms with Crippen LogP contribution in [0, 0.1) is 0 Å². The van der Waals surface area contributed by atoms with Crippen LogP contribution in [0.2, 0.25) is 0 Å². The molecule has 0 unspecified atom stereocenters. The van der Waals surface area contributed by atoms with E-state index in [2.05, 4.69) is 0 Å². The number of thiophene rings is 1. The van der Waals surface area contributed by atoms with Crippen molar-refractivity contribution in [2.45, 2.75) is 38.2 Å². The fourth-order valence-corrected chi connectivity index (χ4v) is 3.53. The van der Waals surface area contributed by atoms with Crippen molar-refractivity contribution in [3.05, 3.63) is 52.6 Å². The normalized spacial score (nSPS) is 25.4. The molecule has 0 atom stereocenters. The summed E-state index contributed by atoms with van der Waals surface area (Å²) in [6.45, 7) is -5.47. The first kappa shape index (κ1) is 9.00. The monoisotopic (exact) mass is 384 g/mol. The molecule has 1 aromatic heterocycles. The minimum absolute atomic E-state index is 0.137. The van der Waals surface area contributed by atoms with Gasteiger partial charge in [0.15, 0.2) is 0 Å². The van der Waals surface area contributed by atoms with Crippen LogP contribution in [0.5, 0.6) is 0 Å². The largest absolute Gasteiger partial charge is 0.358 e. The van der Waals surface area contributed by atoms with Crippen LogP contribution in [0.4, 0.5) is 5.69 Å². The minimum atomic E-state index is -2.73. The number of likely N-dealkylation sites (tertiary alicyclic amines) is 1. The van der Waals surface area contributed by atoms with Crippen LogP contribution in [0.1, 0.15) is 47.4 Å². The van der Waals surface area contributed by atoms with Gasteiger partial charge in [-0.05, 0) is 29.9 Å². The molecule has 1 aliphatic heterocycles. The van der Waals surface area contributed by atoms with Crippen molar-refractivity contribution in [2.24, 2.45) is 0 Å². The van der Waals surface area contributed by atoms with Gasteiger partial charge in [-0.15, -0.1) is 11.3 Å². The smallest absolute Gasteiger partial charge is 0.229 e. The Kier molecular flexibility index (Phi) is 3.05. The van der Waals surface area contributed by atoms with E-state index in [4.69, 9.17) is 21.2 Å². The lowest BCUT2D eigenvalue weighted by molar-refractivity contribution is -0.128. The maximum atomic E-state index is 13.4. The lowest BCUT2D eigenvalue weighted by Gasteiger charge is -2.47. The van der Waals surface area contributed by atoms with Crippen LogP contribution in [-0.2, 0) is 15.9 Å². The summed E-state index contributed by atoms with van der Waals surface area (Å²) in [7, 11) is 1.24. The molecule has 2 heterocycles. The minimum Gasteiger partial charge on any atom is -0.358 e. The summed E-state index contributed by atoms with van der Waals surface area (Å²) in [5, 5.41) is 1.64. The molecule has 140 valence electrons. The number of rotatable bonds is 7. The Hall–Kier alpha value is -1.69. The Morgan fingerprint density at radius 3 is 2.81 bits per heavy atom. The first-order valence-electron chi connectivity index (χ1n) is 14.2. The third-order valence-corrected chi connectivity index (χ3v) is 5.09. The molecule has 0 bridgehead atoms. The van der Waals surface area contributed by atoms with Gasteiger partial charge in [-0.1, -0.05) is 31.0 Å². The van der Waals surface area contributed by atoms with E-state index in [0.29, 0.717) is 0 Å². The number of amides is 1. The van der Waals surface area contributed by atoms with Crippen LogP contribution < -0.4 is 4.90 Å². The third kappa shape index (κ3) is 4.17. The highest BCUT2D eigenvalue weighted by Gasteiger charge is 2.42. The summed E-state index contributed by atoms with van der Waals surface area (Å²) in [5.41, 5.74) is -2.21. The van der Waals surface area contributed by atoms with E-state index in [1.807, 2.05) is 0 Å². The highest BCUT2D eigenvalue weighted by Crippen LogP contribution is 2.34. The van der Waals surface area contributed by atoms with Crippen molar-refractivity contribution >= 4 is 22.9 Å². The Labute approximate surface area is 177 Å². The fourth-order valence-electron chi connectivity index (χ4n) is 2.96. The molecule has 1 aliphatic rings. The molecule has 0 aliphatic carbocycles. The van der Waals surface area contributed by atoms with Gasteiger partial charge in [-0.25, -0.2) is 0 Å². The molecule has 26 heavy (non-hydrogen) atoms. The maximum Gasteiger partial charge on any atom is 0.229 e. The van der Waals surface area contributed by atoms with Crippen LogP contribution in [-0.4, -0.2) is 43.2 Å². The number of carbonyl (C=O) groups is 1. The molecule has 1 saturated heterocycles. The van der Waals surface area contributed by atoms with E-state index in [1.54, 1.807) is 11.4 Å². The van der Waals surface area contributed by atoms with Crippen molar-refractivity contribution in [2.75, 3.05) is 31.6 Å². The van der Waals surface area contributed by atoms with Gasteiger partial charge in [-0.3, -0.25) is 9.69 Å². The van der Waals surface area contributed by atoms with E-state index >= 15 is 0 Å². The molecule has 5 heteroatoms. The Bertz CT molecular complexity index is 1150. The Morgan fingerprint density at radius 2 is 2.19 bits per heavy atom. The van der Waals surface area contributed by atoms with Crippen LogP contribution in [0.15, 0.2) is 47.7 Å². The Balaban J connectivity index is 2.07. The van der Waals surface area contributed by atoms with E-state index in [-0.39, 0.29) is 30.8 Å². The topological polar surface area (TPSA) is 32.8 Å². The number of hydrogen-bond acceptors (Lipinski definition) is 4. The van der Waals surface area contributed by atoms with Gasteiger partial charge in [0, 0.05) is 66.1 Å². The molecule has 1 aromatic carbocycles. The number of aryl methyl sites for hydroxylation is 1. The number of hydrogen-bond donors (Lipinski definition) is 0. The van der Waals surface area contributed by atoms with Crippen LogP contribution in [0.25, 0.3) is 0 Å². The highest BCUT2D eigenvalue weighted by molar-refractivity contribution is 7.09. The summed E-state index contributed by atoms with van der Waals surface area (Å²) in [6, 6.07) is -0.407. The molecule has 1 amide bonds. The van der Waals surface area contributed by atoms with Gasteiger partial charge in [0.25, 0.3) is 0 Å². The summed E-state index contributed by atoms with van der Waals surface area (Å²) in [4.78, 5) is 15.7. The second kappa shape index (κ2) is 8.80. The van der Waals surface area contributed by atoms with Crippen molar-refractivity contribution in [3.8, 4) is 0 Å². The quantitative estimate of drug-likeness (QED) is 0.672. The zero-order valence-electron chi connectivity index (χ0n) is 26.4. The standard InChI is InChI=1S/C21H28N2O2S/c1-3-20(24)23(18-8-5-4-6-9-18)21(25-2)12-15-22(16-13-21)14-11-19-10-7-17-26-19/h4-10,17H,3,11-16H2,1-2H3/i1D3,4D,5D,6D,8D,9D,11D2,14D2. The number of ether oxygens (including phenoxy) is 1. The number of methoxy groups -OCH3 is 1. The van der Waals surface area contributed by atoms with Crippen molar-refractivity contribution < 1.29 is 26.0 Å². The molecule has 3 rings (SSSR count). The lowest BCUT2D eigenvalue weighted by Crippen LogP contribution is -2.59. The van der Waals surface area contributed by atoms with Crippen molar-refractivity contribution in [1.82, 2.24) is 4.90 Å². The zero-order valence-corrected chi connectivity index (χ0v) is 15.2. The number of para-hydroxylation sites is 1. The summed E-state index contributed by atoms with van der Waals surface area (Å²) in [5.74, 6) is -1.05. The van der Waals surface area contributed by atoms with Crippen LogP contribution >= 0.6 is 11.3 Å². The van der Waals surface area contributed by atoms with Gasteiger partial charge in [0.1, 0.15) is 5.72 Å². The fraction of sp³-hybridized carbons (Fsp3) is 0.476. The summed E-state index contributed by atoms with van der Waals surface area (Å²) in [6.07, 6.45) is -3.68. The molecule has 4 nitrogen and oxygen atoms in total. The van der Waals surface area contributed by atoms with E-state index in [1.165, 1.54) is 18.1 Å². The predicted octanol–water partition coefficient (Wildman–Crippen LogP) is 4.17. The number of benzene rings is 1. The summed E-state index contributed by atoms with van der Waals surface area (Å²) >= 11 is 1.08. The maximum absolute atomic E-state index is 13.4. The van der Waals surface area contributed by atoms with E-state index in [0.717, 1.165) is 16.2 Å². The molecule has 1 fully saturated rings. The SMILES string of the molecule is [2H]c1c([2H])c([2H])c(N(C(=O)CC([2H])([2H])[2H])C2(OC)CCN(C([2H])([2H])C([2H])([2H])c3cccs3)CC2)c([2H])c1[2H]. The highest BCUT2D eigenvalue weighted by atomic mass is 32.1. The zero-order chi connectivity index (χ0) is 28.8. The molecular formula is C21H28N2O2S. The molecule has 0 radical (unpaired) electrons. The molecule has 0 N–H and O–H groups in total. The lowest BCUT2D eigenvalue weighted by atomic mass is 9.96. The van der Waals surface area contributed by atoms with Gasteiger partial charge in [-0.2, -0.15) is 0 Å². The first-order chi connectivity index (χ1) is 17.4. The van der Waals surface area contributed by atoms with Gasteiger partial charge in [0.05, 0.1) is 6.85 Å². The van der Waals surface area contributed by atoms with E-state index < -0.39 is 73.7 Å². The van der Waals surface area contributed by atoms with Gasteiger partial charge >= 0.3 is 0 Å². The van der Waals surface area contributed by atoms with Crippen molar-refractivity contribution in [3.63, 3.8) is 0 Å². The van der Waals surface area contributed by atoms with Crippen LogP contribution in [0.3, 0.4) is 0 Å². The summed E-state index contributed by atoms with van der Waals surface area (Å²) < 4.78 is 103. The van der Waals surface area contributed by atoms with Gasteiger partial charge < -0.3 is 9.64 Å². The number of piperidine rings is 1. The number of nitrogens with zero attached hydrogens (tertiary/aromatic N) is 2. The predicted molar refractivity (Wildman–Crippen MR) is 108 cm³/mol. The Morgan fingerprint density at radius 1 is 1.42 bits per heavy atom. The van der Waals surface area contributed by atoms with Gasteiger partial charge in [0.2, 0.25) is 5.91 Å². The first-order valence-corrected chi connectivity index (χ1v) is 9.03.